The van der Waals surface area contributed by atoms with Gasteiger partial charge in [-0.05, 0) is 68.1 Å². The molecule has 2 unspecified atom stereocenters. The lowest BCUT2D eigenvalue weighted by Gasteiger charge is -2.33. The lowest BCUT2D eigenvalue weighted by molar-refractivity contribution is -0.140. The Morgan fingerprint density at radius 1 is 1.06 bits per heavy atom. The molecule has 2 rings (SSSR count). The predicted octanol–water partition coefficient (Wildman–Crippen LogP) is 5.03. The molecule has 3 amide bonds. The van der Waals surface area contributed by atoms with Crippen molar-refractivity contribution in [3.8, 4) is 5.75 Å². The topological polar surface area (TPSA) is 97.0 Å². The maximum Gasteiger partial charge on any atom is 0.408 e. The number of hydrogen-bond donors (Lipinski definition) is 2. The Balaban J connectivity index is 2.39. The van der Waals surface area contributed by atoms with Crippen LogP contribution in [0.1, 0.15) is 51.8 Å². The molecule has 0 aliphatic rings. The van der Waals surface area contributed by atoms with E-state index in [2.05, 4.69) is 17.2 Å². The minimum absolute atomic E-state index is 0.253. The molecule has 0 aromatic heterocycles. The van der Waals surface area contributed by atoms with Gasteiger partial charge in [-0.2, -0.15) is 0 Å². The molecule has 194 valence electrons. The number of carbonyl (C=O) groups excluding carboxylic acids is 3. The normalized spacial score (nSPS) is 12.8. The second-order valence-corrected chi connectivity index (χ2v) is 9.81. The third-order valence-electron chi connectivity index (χ3n) is 5.41. The molecule has 8 nitrogen and oxygen atoms in total. The van der Waals surface area contributed by atoms with Crippen molar-refractivity contribution in [1.29, 1.82) is 0 Å². The SMILES string of the molecule is C=Cc1cccc(C(C(=O)Nc2ccc(OC)cc2)N(C)C(=O)C(NC(=O)OC(C)(C)C)C(C)C)c1. The van der Waals surface area contributed by atoms with Crippen LogP contribution >= 0.6 is 0 Å². The first kappa shape index (κ1) is 28.4. The molecule has 2 aromatic carbocycles. The number of methoxy groups -OCH3 is 1. The molecule has 8 heteroatoms. The van der Waals surface area contributed by atoms with Gasteiger partial charge >= 0.3 is 6.09 Å². The molecular formula is C28H37N3O5. The van der Waals surface area contributed by atoms with E-state index in [1.807, 2.05) is 19.9 Å². The van der Waals surface area contributed by atoms with Gasteiger partial charge in [0.25, 0.3) is 5.91 Å². The standard InChI is InChI=1S/C28H37N3O5/c1-9-19-11-10-12-20(17-19)24(25(32)29-21-13-15-22(35-8)16-14-21)31(7)26(33)23(18(2)3)30-27(34)36-28(4,5)6/h9-18,23-24H,1H2,2-8H3,(H,29,32)(H,30,34). The summed E-state index contributed by atoms with van der Waals surface area (Å²) in [4.78, 5) is 41.0. The third-order valence-corrected chi connectivity index (χ3v) is 5.41. The summed E-state index contributed by atoms with van der Waals surface area (Å²) in [5, 5.41) is 5.55. The van der Waals surface area contributed by atoms with Crippen LogP contribution in [0.25, 0.3) is 6.08 Å². The molecule has 0 bridgehead atoms. The maximum atomic E-state index is 13.6. The van der Waals surface area contributed by atoms with Crippen LogP contribution in [0.2, 0.25) is 0 Å². The van der Waals surface area contributed by atoms with E-state index in [-0.39, 0.29) is 5.92 Å². The van der Waals surface area contributed by atoms with Gasteiger partial charge in [0.15, 0.2) is 0 Å². The summed E-state index contributed by atoms with van der Waals surface area (Å²) < 4.78 is 10.5. The van der Waals surface area contributed by atoms with Crippen molar-refractivity contribution in [2.45, 2.75) is 52.3 Å². The molecule has 0 radical (unpaired) electrons. The number of rotatable bonds is 9. The Hall–Kier alpha value is -3.81. The van der Waals surface area contributed by atoms with Gasteiger partial charge in [0.1, 0.15) is 23.4 Å². The van der Waals surface area contributed by atoms with Crippen LogP contribution in [-0.4, -0.2) is 48.6 Å². The molecule has 0 fully saturated rings. The fourth-order valence-electron chi connectivity index (χ4n) is 3.59. The number of amides is 3. The number of nitrogens with zero attached hydrogens (tertiary/aromatic N) is 1. The summed E-state index contributed by atoms with van der Waals surface area (Å²) in [6.07, 6.45) is 0.973. The Bertz CT molecular complexity index is 1070. The zero-order valence-corrected chi connectivity index (χ0v) is 22.1. The Morgan fingerprint density at radius 3 is 2.22 bits per heavy atom. The number of ether oxygens (including phenoxy) is 2. The summed E-state index contributed by atoms with van der Waals surface area (Å²) in [6, 6.07) is 12.3. The quantitative estimate of drug-likeness (QED) is 0.509. The summed E-state index contributed by atoms with van der Waals surface area (Å²) in [7, 11) is 3.11. The van der Waals surface area contributed by atoms with Crippen molar-refractivity contribution in [3.63, 3.8) is 0 Å². The molecule has 0 aliphatic heterocycles. The van der Waals surface area contributed by atoms with Gasteiger partial charge < -0.3 is 25.0 Å². The molecule has 2 aromatic rings. The van der Waals surface area contributed by atoms with E-state index < -0.39 is 35.6 Å². The number of likely N-dealkylation sites (N-methyl/N-ethyl adjacent to an activating group) is 1. The number of carbonyl (C=O) groups is 3. The third kappa shape index (κ3) is 7.86. The fraction of sp³-hybridized carbons (Fsp3) is 0.393. The predicted molar refractivity (Wildman–Crippen MR) is 142 cm³/mol. The maximum absolute atomic E-state index is 13.6. The smallest absolute Gasteiger partial charge is 0.408 e. The lowest BCUT2D eigenvalue weighted by atomic mass is 9.98. The molecule has 2 N–H and O–H groups in total. The number of anilines is 1. The lowest BCUT2D eigenvalue weighted by Crippen LogP contribution is -2.53. The first-order valence-electron chi connectivity index (χ1n) is 11.8. The van der Waals surface area contributed by atoms with Crippen LogP contribution in [-0.2, 0) is 14.3 Å². The van der Waals surface area contributed by atoms with Crippen molar-refractivity contribution in [1.82, 2.24) is 10.2 Å². The van der Waals surface area contributed by atoms with Gasteiger partial charge in [-0.3, -0.25) is 9.59 Å². The van der Waals surface area contributed by atoms with Crippen molar-refractivity contribution in [3.05, 3.63) is 66.2 Å². The van der Waals surface area contributed by atoms with Crippen LogP contribution in [0.15, 0.2) is 55.1 Å². The average molecular weight is 496 g/mol. The summed E-state index contributed by atoms with van der Waals surface area (Å²) in [5.74, 6) is -0.424. The van der Waals surface area contributed by atoms with Crippen LogP contribution in [0, 0.1) is 5.92 Å². The van der Waals surface area contributed by atoms with E-state index in [1.54, 1.807) is 83.5 Å². The zero-order valence-electron chi connectivity index (χ0n) is 22.1. The van der Waals surface area contributed by atoms with Gasteiger partial charge in [-0.1, -0.05) is 44.7 Å². The molecule has 0 spiro atoms. The molecule has 2 atom stereocenters. The highest BCUT2D eigenvalue weighted by Crippen LogP contribution is 2.26. The number of alkyl carbamates (subject to hydrolysis) is 1. The van der Waals surface area contributed by atoms with Gasteiger partial charge in [-0.25, -0.2) is 4.79 Å². The average Bonchev–Trinajstić information content (AvgIpc) is 2.81. The van der Waals surface area contributed by atoms with Crippen molar-refractivity contribution < 1.29 is 23.9 Å². The van der Waals surface area contributed by atoms with Crippen LogP contribution in [0.3, 0.4) is 0 Å². The number of hydrogen-bond acceptors (Lipinski definition) is 5. The summed E-state index contributed by atoms with van der Waals surface area (Å²) in [6.45, 7) is 12.7. The van der Waals surface area contributed by atoms with Crippen molar-refractivity contribution in [2.24, 2.45) is 5.92 Å². The second-order valence-electron chi connectivity index (χ2n) is 9.81. The van der Waals surface area contributed by atoms with E-state index in [0.717, 1.165) is 5.56 Å². The molecule has 0 saturated carbocycles. The van der Waals surface area contributed by atoms with Gasteiger partial charge in [-0.15, -0.1) is 0 Å². The van der Waals surface area contributed by atoms with E-state index >= 15 is 0 Å². The monoisotopic (exact) mass is 495 g/mol. The highest BCUT2D eigenvalue weighted by Gasteiger charge is 2.35. The van der Waals surface area contributed by atoms with E-state index in [9.17, 15) is 14.4 Å². The van der Waals surface area contributed by atoms with Crippen LogP contribution in [0.4, 0.5) is 10.5 Å². The highest BCUT2D eigenvalue weighted by molar-refractivity contribution is 5.99. The Morgan fingerprint density at radius 2 is 1.69 bits per heavy atom. The second kappa shape index (κ2) is 12.2. The van der Waals surface area contributed by atoms with Gasteiger partial charge in [0.2, 0.25) is 5.91 Å². The highest BCUT2D eigenvalue weighted by atomic mass is 16.6. The van der Waals surface area contributed by atoms with Crippen molar-refractivity contribution >= 4 is 29.7 Å². The first-order chi connectivity index (χ1) is 16.9. The van der Waals surface area contributed by atoms with Gasteiger partial charge in [0.05, 0.1) is 7.11 Å². The van der Waals surface area contributed by atoms with E-state index in [1.165, 1.54) is 4.90 Å². The van der Waals surface area contributed by atoms with E-state index in [0.29, 0.717) is 17.0 Å². The minimum Gasteiger partial charge on any atom is -0.497 e. The number of nitrogens with one attached hydrogen (secondary N) is 2. The fourth-order valence-corrected chi connectivity index (χ4v) is 3.59. The number of benzene rings is 2. The molecule has 0 heterocycles. The van der Waals surface area contributed by atoms with Crippen molar-refractivity contribution in [2.75, 3.05) is 19.5 Å². The Kier molecular flexibility index (Phi) is 9.67. The van der Waals surface area contributed by atoms with Gasteiger partial charge in [0, 0.05) is 12.7 Å². The largest absolute Gasteiger partial charge is 0.497 e. The summed E-state index contributed by atoms with van der Waals surface area (Å²) >= 11 is 0. The minimum atomic E-state index is -0.971. The Labute approximate surface area is 213 Å². The van der Waals surface area contributed by atoms with Crippen LogP contribution < -0.4 is 15.4 Å². The molecule has 36 heavy (non-hydrogen) atoms. The molecule has 0 saturated heterocycles. The summed E-state index contributed by atoms with van der Waals surface area (Å²) in [5.41, 5.74) is 1.25. The first-order valence-corrected chi connectivity index (χ1v) is 11.8. The molecule has 0 aliphatic carbocycles. The zero-order chi connectivity index (χ0) is 27.0. The van der Waals surface area contributed by atoms with Crippen LogP contribution in [0.5, 0.6) is 5.75 Å². The van der Waals surface area contributed by atoms with E-state index in [4.69, 9.17) is 9.47 Å². The molecular weight excluding hydrogens is 458 g/mol.